The summed E-state index contributed by atoms with van der Waals surface area (Å²) in [7, 11) is 0. The van der Waals surface area contributed by atoms with Crippen LogP contribution in [0.1, 0.15) is 87.3 Å². The van der Waals surface area contributed by atoms with Crippen LogP contribution in [-0.4, -0.2) is 35.6 Å². The fourth-order valence-corrected chi connectivity index (χ4v) is 2.60. The third-order valence-electron chi connectivity index (χ3n) is 3.73. The monoisotopic (exact) mass is 333 g/mol. The smallest absolute Gasteiger partial charge is 1.00 e. The number of hydrogen-bond donors (Lipinski definition) is 1. The van der Waals surface area contributed by atoms with E-state index in [1.807, 2.05) is 0 Å². The van der Waals surface area contributed by atoms with Gasteiger partial charge < -0.3 is 7.96 Å². The van der Waals surface area contributed by atoms with Crippen LogP contribution in [0.3, 0.4) is 0 Å². The van der Waals surface area contributed by atoms with Crippen LogP contribution >= 0.6 is 0 Å². The molecule has 124 valence electrons. The Morgan fingerprint density at radius 1 is 0.773 bits per heavy atom. The van der Waals surface area contributed by atoms with Crippen LogP contribution < -0.4 is 59.1 Å². The van der Waals surface area contributed by atoms with Crippen LogP contribution in [0.25, 0.3) is 0 Å². The summed E-state index contributed by atoms with van der Waals surface area (Å²) in [4.78, 5) is 12.8. The summed E-state index contributed by atoms with van der Waals surface area (Å²) in [5, 5.41) is 8.83. The van der Waals surface area contributed by atoms with E-state index in [4.69, 9.17) is 5.11 Å². The molecule has 3 nitrogen and oxygen atoms in total. The van der Waals surface area contributed by atoms with Gasteiger partial charge >= 0.3 is 65.1 Å². The molecule has 0 fully saturated rings. The van der Waals surface area contributed by atoms with Gasteiger partial charge in [0.1, 0.15) is 0 Å². The summed E-state index contributed by atoms with van der Waals surface area (Å²) in [6.45, 7) is 6.41. The number of carboxylic acid groups (broad SMARTS) is 1. The van der Waals surface area contributed by atoms with Crippen LogP contribution in [-0.2, 0) is 4.79 Å². The largest absolute Gasteiger partial charge is 1.00 e. The maximum atomic E-state index is 10.7. The maximum absolute atomic E-state index is 10.7. The topological polar surface area (TPSA) is 40.5 Å². The van der Waals surface area contributed by atoms with E-state index in [0.29, 0.717) is 0 Å². The molecule has 1 N–H and O–H groups in total. The van der Waals surface area contributed by atoms with Gasteiger partial charge in [-0.3, -0.25) is 9.69 Å². The van der Waals surface area contributed by atoms with Crippen molar-refractivity contribution in [2.75, 3.05) is 19.6 Å². The Morgan fingerprint density at radius 3 is 1.64 bits per heavy atom. The Balaban J connectivity index is -0.000000301. The van der Waals surface area contributed by atoms with Gasteiger partial charge in [0.25, 0.3) is 0 Å². The van der Waals surface area contributed by atoms with Gasteiger partial charge in [0.2, 0.25) is 0 Å². The molecule has 0 saturated heterocycles. The molecule has 0 bridgehead atoms. The number of aliphatic carboxylic acids is 1. The van der Waals surface area contributed by atoms with Crippen LogP contribution in [0.5, 0.6) is 0 Å². The normalized spacial score (nSPS) is 10.1. The zero-order valence-corrected chi connectivity index (χ0v) is 19.7. The summed E-state index contributed by atoms with van der Waals surface area (Å²) in [6, 6.07) is 0. The Hall–Kier alpha value is 1.43. The first kappa shape index (κ1) is 28.2. The minimum absolute atomic E-state index is 0. The maximum Gasteiger partial charge on any atom is 1.00 e. The van der Waals surface area contributed by atoms with Gasteiger partial charge in [0, 0.05) is 0 Å². The Bertz CT molecular complexity index is 239. The van der Waals surface area contributed by atoms with Gasteiger partial charge in [0.15, 0.2) is 0 Å². The molecule has 0 unspecified atom stereocenters. The van der Waals surface area contributed by atoms with Crippen molar-refractivity contribution >= 4 is 5.97 Å². The van der Waals surface area contributed by atoms with Gasteiger partial charge in [-0.25, -0.2) is 0 Å². The Kier molecular flexibility index (Phi) is 28.8. The van der Waals surface area contributed by atoms with E-state index in [9.17, 15) is 4.79 Å². The molecule has 0 aliphatic heterocycles. The van der Waals surface area contributed by atoms with Crippen molar-refractivity contribution in [3.05, 3.63) is 0 Å². The van der Waals surface area contributed by atoms with Crippen LogP contribution in [0.2, 0.25) is 0 Å². The number of rotatable bonds is 15. The molecule has 0 amide bonds. The summed E-state index contributed by atoms with van der Waals surface area (Å²) in [6.07, 6.45) is 14.3. The Labute approximate surface area is 185 Å². The van der Waals surface area contributed by atoms with Crippen molar-refractivity contribution in [2.45, 2.75) is 84.5 Å². The SMILES string of the molecule is CCCCCCCCCCCCN(CCC)CC(=O)O.[H-].[H-].[Na+].[Na+]. The molecule has 0 saturated carbocycles. The average molecular weight is 333 g/mol. The van der Waals surface area contributed by atoms with E-state index in [1.54, 1.807) is 0 Å². The molecule has 0 aliphatic carbocycles. The molecule has 0 atom stereocenters. The minimum Gasteiger partial charge on any atom is -1.00 e. The molecule has 0 rings (SSSR count). The average Bonchev–Trinajstić information content (AvgIpc) is 2.40. The fraction of sp³-hybridized carbons (Fsp3) is 0.941. The predicted molar refractivity (Wildman–Crippen MR) is 88.4 cm³/mol. The van der Waals surface area contributed by atoms with Crippen molar-refractivity contribution in [1.82, 2.24) is 4.90 Å². The number of carbonyl (C=O) groups is 1. The van der Waals surface area contributed by atoms with Crippen molar-refractivity contribution in [2.24, 2.45) is 0 Å². The molecule has 22 heavy (non-hydrogen) atoms. The third kappa shape index (κ3) is 21.4. The molecular formula is C17H37NNa2O2. The summed E-state index contributed by atoms with van der Waals surface area (Å²) >= 11 is 0. The first-order chi connectivity index (χ1) is 9.70. The van der Waals surface area contributed by atoms with Crippen molar-refractivity contribution in [3.63, 3.8) is 0 Å². The standard InChI is InChI=1S/C17H35NO2.2Na.2H/c1-3-5-6-7-8-9-10-11-12-13-15-18(14-4-2)16-17(19)20;;;;/h3-16H2,1-2H3,(H,19,20);;;;/q;2*+1;2*-1. The predicted octanol–water partition coefficient (Wildman–Crippen LogP) is -1.06. The summed E-state index contributed by atoms with van der Waals surface area (Å²) in [5.41, 5.74) is 0. The van der Waals surface area contributed by atoms with Crippen molar-refractivity contribution < 1.29 is 71.9 Å². The van der Waals surface area contributed by atoms with Gasteiger partial charge in [0.05, 0.1) is 6.54 Å². The molecule has 0 aliphatic rings. The second-order valence-corrected chi connectivity index (χ2v) is 5.85. The van der Waals surface area contributed by atoms with Gasteiger partial charge in [-0.2, -0.15) is 0 Å². The van der Waals surface area contributed by atoms with Crippen LogP contribution in [0.4, 0.5) is 0 Å². The summed E-state index contributed by atoms with van der Waals surface area (Å²) in [5.74, 6) is -0.703. The summed E-state index contributed by atoms with van der Waals surface area (Å²) < 4.78 is 0. The van der Waals surface area contributed by atoms with Crippen LogP contribution in [0, 0.1) is 0 Å². The number of hydrogen-bond acceptors (Lipinski definition) is 2. The quantitative estimate of drug-likeness (QED) is 0.307. The van der Waals surface area contributed by atoms with E-state index in [0.717, 1.165) is 25.9 Å². The fourth-order valence-electron chi connectivity index (χ4n) is 2.60. The third-order valence-corrected chi connectivity index (χ3v) is 3.73. The minimum atomic E-state index is -0.703. The number of nitrogens with zero attached hydrogens (tertiary/aromatic N) is 1. The molecule has 0 spiro atoms. The molecule has 0 heterocycles. The van der Waals surface area contributed by atoms with Gasteiger partial charge in [-0.15, -0.1) is 0 Å². The zero-order valence-electron chi connectivity index (χ0n) is 17.7. The molecule has 0 aromatic rings. The molecule has 0 aromatic carbocycles. The molecule has 0 radical (unpaired) electrons. The zero-order chi connectivity index (χ0) is 15.1. The van der Waals surface area contributed by atoms with Gasteiger partial charge in [-0.1, -0.05) is 71.6 Å². The van der Waals surface area contributed by atoms with E-state index in [1.165, 1.54) is 57.8 Å². The van der Waals surface area contributed by atoms with Crippen molar-refractivity contribution in [1.29, 1.82) is 0 Å². The number of carboxylic acids is 1. The van der Waals surface area contributed by atoms with E-state index in [-0.39, 0.29) is 68.5 Å². The van der Waals surface area contributed by atoms with Crippen molar-refractivity contribution in [3.8, 4) is 0 Å². The van der Waals surface area contributed by atoms with Crippen LogP contribution in [0.15, 0.2) is 0 Å². The molecule has 5 heteroatoms. The van der Waals surface area contributed by atoms with E-state index >= 15 is 0 Å². The number of unbranched alkanes of at least 4 members (excludes halogenated alkanes) is 9. The molecular weight excluding hydrogens is 296 g/mol. The first-order valence-electron chi connectivity index (χ1n) is 8.64. The van der Waals surface area contributed by atoms with E-state index < -0.39 is 5.97 Å². The molecule has 0 aromatic heterocycles. The van der Waals surface area contributed by atoms with Gasteiger partial charge in [-0.05, 0) is 25.9 Å². The van der Waals surface area contributed by atoms with E-state index in [2.05, 4.69) is 18.7 Å². The first-order valence-corrected chi connectivity index (χ1v) is 8.64. The Morgan fingerprint density at radius 2 is 1.23 bits per heavy atom. The second kappa shape index (κ2) is 22.4. The second-order valence-electron chi connectivity index (χ2n) is 5.85.